The molecular formula is C23H28N4O4S2. The van der Waals surface area contributed by atoms with E-state index in [9.17, 15) is 18.0 Å². The third-order valence-electron chi connectivity index (χ3n) is 5.16. The number of unbranched alkanes of at least 4 members (excludes halogenated alkanes) is 3. The average molecular weight is 489 g/mol. The van der Waals surface area contributed by atoms with E-state index >= 15 is 0 Å². The van der Waals surface area contributed by atoms with Gasteiger partial charge in [0.05, 0.1) is 21.0 Å². The van der Waals surface area contributed by atoms with Crippen LogP contribution >= 0.6 is 11.8 Å². The second-order valence-corrected chi connectivity index (χ2v) is 10.6. The van der Waals surface area contributed by atoms with E-state index in [1.54, 1.807) is 23.6 Å². The molecule has 1 unspecified atom stereocenters. The molecule has 1 heterocycles. The first-order chi connectivity index (χ1) is 15.7. The molecular weight excluding hydrogens is 460 g/mol. The molecule has 0 saturated heterocycles. The summed E-state index contributed by atoms with van der Waals surface area (Å²) in [6.45, 7) is 4.41. The maximum absolute atomic E-state index is 13.1. The Balaban J connectivity index is 1.80. The monoisotopic (exact) mass is 488 g/mol. The minimum absolute atomic E-state index is 0.0321. The van der Waals surface area contributed by atoms with E-state index in [1.165, 1.54) is 36.0 Å². The Kier molecular flexibility index (Phi) is 8.28. The number of sulfonamides is 1. The molecule has 1 atom stereocenters. The molecule has 0 radical (unpaired) electrons. The van der Waals surface area contributed by atoms with Crippen LogP contribution in [0, 0.1) is 0 Å². The van der Waals surface area contributed by atoms with Crippen LogP contribution < -0.4 is 16.0 Å². The third kappa shape index (κ3) is 6.43. The topological polar surface area (TPSA) is 124 Å². The smallest absolute Gasteiger partial charge is 0.262 e. The van der Waals surface area contributed by atoms with E-state index in [0.29, 0.717) is 28.3 Å². The van der Waals surface area contributed by atoms with Gasteiger partial charge in [-0.2, -0.15) is 0 Å². The highest BCUT2D eigenvalue weighted by molar-refractivity contribution is 8.00. The first kappa shape index (κ1) is 24.9. The van der Waals surface area contributed by atoms with Gasteiger partial charge in [-0.15, -0.1) is 0 Å². The fourth-order valence-corrected chi connectivity index (χ4v) is 4.77. The van der Waals surface area contributed by atoms with Gasteiger partial charge >= 0.3 is 0 Å². The largest absolute Gasteiger partial charge is 0.325 e. The summed E-state index contributed by atoms with van der Waals surface area (Å²) < 4.78 is 24.4. The Morgan fingerprint density at radius 1 is 1.12 bits per heavy atom. The number of nitrogens with two attached hydrogens (primary N) is 1. The van der Waals surface area contributed by atoms with Gasteiger partial charge in [0, 0.05) is 12.2 Å². The number of benzene rings is 2. The predicted octanol–water partition coefficient (Wildman–Crippen LogP) is 3.74. The number of thioether (sulfide) groups is 1. The van der Waals surface area contributed by atoms with Crippen molar-refractivity contribution in [2.75, 3.05) is 5.32 Å². The number of anilines is 1. The Morgan fingerprint density at radius 3 is 2.48 bits per heavy atom. The van der Waals surface area contributed by atoms with Crippen LogP contribution in [-0.2, 0) is 21.4 Å². The van der Waals surface area contributed by atoms with Gasteiger partial charge in [0.2, 0.25) is 15.9 Å². The lowest BCUT2D eigenvalue weighted by Gasteiger charge is -2.16. The van der Waals surface area contributed by atoms with Gasteiger partial charge in [0.1, 0.15) is 0 Å². The van der Waals surface area contributed by atoms with Gasteiger partial charge in [-0.05, 0) is 49.7 Å². The molecule has 1 aromatic heterocycles. The molecule has 1 amide bonds. The summed E-state index contributed by atoms with van der Waals surface area (Å²) in [5.74, 6) is -0.289. The van der Waals surface area contributed by atoms with Crippen molar-refractivity contribution < 1.29 is 13.2 Å². The second-order valence-electron chi connectivity index (χ2n) is 7.75. The molecule has 10 heteroatoms. The number of aromatic nitrogens is 2. The number of fused-ring (bicyclic) bond motifs is 1. The summed E-state index contributed by atoms with van der Waals surface area (Å²) in [6, 6.07) is 12.8. The lowest BCUT2D eigenvalue weighted by atomic mass is 10.2. The van der Waals surface area contributed by atoms with Crippen LogP contribution in [0.15, 0.2) is 63.4 Å². The van der Waals surface area contributed by atoms with Crippen molar-refractivity contribution in [1.29, 1.82) is 0 Å². The van der Waals surface area contributed by atoms with Crippen molar-refractivity contribution in [2.24, 2.45) is 5.14 Å². The molecule has 0 bridgehead atoms. The van der Waals surface area contributed by atoms with Crippen molar-refractivity contribution in [3.8, 4) is 0 Å². The number of nitrogens with one attached hydrogen (secondary N) is 1. The van der Waals surface area contributed by atoms with Gasteiger partial charge in [-0.3, -0.25) is 14.2 Å². The van der Waals surface area contributed by atoms with Gasteiger partial charge in [-0.25, -0.2) is 18.5 Å². The van der Waals surface area contributed by atoms with Crippen LogP contribution in [-0.4, -0.2) is 29.1 Å². The molecule has 3 aromatic rings. The zero-order valence-electron chi connectivity index (χ0n) is 18.7. The number of rotatable bonds is 10. The number of para-hydroxylation sites is 1. The van der Waals surface area contributed by atoms with Crippen LogP contribution in [0.5, 0.6) is 0 Å². The lowest BCUT2D eigenvalue weighted by molar-refractivity contribution is -0.115. The fourth-order valence-electron chi connectivity index (χ4n) is 3.31. The SMILES string of the molecule is CCCCCCn1c(SC(C)C(=O)Nc2ccc(S(N)(=O)=O)cc2)nc2ccccc2c1=O. The summed E-state index contributed by atoms with van der Waals surface area (Å²) >= 11 is 1.22. The number of carbonyl (C=O) groups excluding carboxylic acids is 1. The van der Waals surface area contributed by atoms with E-state index in [2.05, 4.69) is 17.2 Å². The standard InChI is InChI=1S/C23H28N4O4S2/c1-3-4-5-8-15-27-22(29)19-9-6-7-10-20(19)26-23(27)32-16(2)21(28)25-17-11-13-18(14-12-17)33(24,30)31/h6-7,9-14,16H,3-5,8,15H2,1-2H3,(H,25,28)(H2,24,30,31). The highest BCUT2D eigenvalue weighted by atomic mass is 32.2. The van der Waals surface area contributed by atoms with Gasteiger partial charge in [0.25, 0.3) is 5.56 Å². The molecule has 3 N–H and O–H groups in total. The first-order valence-electron chi connectivity index (χ1n) is 10.8. The highest BCUT2D eigenvalue weighted by Crippen LogP contribution is 2.24. The maximum atomic E-state index is 13.1. The Bertz CT molecular complexity index is 1290. The van der Waals surface area contributed by atoms with Crippen molar-refractivity contribution in [1.82, 2.24) is 9.55 Å². The summed E-state index contributed by atoms with van der Waals surface area (Å²) in [4.78, 5) is 30.5. The number of hydrogen-bond acceptors (Lipinski definition) is 6. The highest BCUT2D eigenvalue weighted by Gasteiger charge is 2.20. The summed E-state index contributed by atoms with van der Waals surface area (Å²) in [5.41, 5.74) is 0.940. The molecule has 0 aliphatic heterocycles. The number of nitrogens with zero attached hydrogens (tertiary/aromatic N) is 2. The summed E-state index contributed by atoms with van der Waals surface area (Å²) in [5, 5.41) is 8.39. The zero-order valence-corrected chi connectivity index (χ0v) is 20.3. The van der Waals surface area contributed by atoms with Crippen molar-refractivity contribution in [2.45, 2.75) is 61.4 Å². The molecule has 0 aliphatic rings. The van der Waals surface area contributed by atoms with E-state index in [-0.39, 0.29) is 16.4 Å². The molecule has 0 spiro atoms. The molecule has 3 rings (SSSR count). The van der Waals surface area contributed by atoms with Crippen LogP contribution in [0.3, 0.4) is 0 Å². The normalized spacial score (nSPS) is 12.6. The van der Waals surface area contributed by atoms with Crippen molar-refractivity contribution in [3.05, 3.63) is 58.9 Å². The summed E-state index contributed by atoms with van der Waals surface area (Å²) in [6.07, 6.45) is 4.08. The second kappa shape index (κ2) is 11.0. The number of amides is 1. The molecule has 8 nitrogen and oxygen atoms in total. The van der Waals surface area contributed by atoms with Crippen molar-refractivity contribution in [3.63, 3.8) is 0 Å². The number of hydrogen-bond donors (Lipinski definition) is 2. The Morgan fingerprint density at radius 2 is 1.82 bits per heavy atom. The quantitative estimate of drug-likeness (QED) is 0.254. The molecule has 0 saturated carbocycles. The molecule has 33 heavy (non-hydrogen) atoms. The van der Waals surface area contributed by atoms with Crippen LogP contribution in [0.25, 0.3) is 10.9 Å². The van der Waals surface area contributed by atoms with Gasteiger partial charge in [0.15, 0.2) is 5.16 Å². The van der Waals surface area contributed by atoms with E-state index in [1.807, 2.05) is 12.1 Å². The van der Waals surface area contributed by atoms with Crippen molar-refractivity contribution >= 4 is 44.3 Å². The van der Waals surface area contributed by atoms with E-state index < -0.39 is 15.3 Å². The fraction of sp³-hybridized carbons (Fsp3) is 0.348. The average Bonchev–Trinajstić information content (AvgIpc) is 2.78. The first-order valence-corrected chi connectivity index (χ1v) is 13.2. The van der Waals surface area contributed by atoms with E-state index in [0.717, 1.165) is 25.7 Å². The lowest BCUT2D eigenvalue weighted by Crippen LogP contribution is -2.27. The van der Waals surface area contributed by atoms with E-state index in [4.69, 9.17) is 5.14 Å². The number of primary sulfonamides is 1. The minimum atomic E-state index is -3.80. The minimum Gasteiger partial charge on any atom is -0.325 e. The van der Waals surface area contributed by atoms with Crippen LogP contribution in [0.4, 0.5) is 5.69 Å². The molecule has 2 aromatic carbocycles. The Labute approximate surface area is 197 Å². The predicted molar refractivity (Wildman–Crippen MR) is 132 cm³/mol. The van der Waals surface area contributed by atoms with Crippen LogP contribution in [0.2, 0.25) is 0 Å². The molecule has 176 valence electrons. The van der Waals surface area contributed by atoms with Gasteiger partial charge < -0.3 is 5.32 Å². The molecule has 0 aliphatic carbocycles. The third-order valence-corrected chi connectivity index (χ3v) is 7.18. The summed E-state index contributed by atoms with van der Waals surface area (Å²) in [7, 11) is -3.80. The Hall–Kier alpha value is -2.69. The van der Waals surface area contributed by atoms with Crippen LogP contribution in [0.1, 0.15) is 39.5 Å². The molecule has 0 fully saturated rings. The zero-order chi connectivity index (χ0) is 24.0. The number of carbonyl (C=O) groups is 1. The van der Waals surface area contributed by atoms with Gasteiger partial charge in [-0.1, -0.05) is 50.1 Å². The maximum Gasteiger partial charge on any atom is 0.262 e.